The molecule has 0 saturated heterocycles. The van der Waals surface area contributed by atoms with Gasteiger partial charge in [0.1, 0.15) is 11.3 Å². The molecule has 1 aromatic heterocycles. The van der Waals surface area contributed by atoms with E-state index in [2.05, 4.69) is 0 Å². The van der Waals surface area contributed by atoms with E-state index in [1.165, 1.54) is 6.07 Å². The fourth-order valence-corrected chi connectivity index (χ4v) is 4.90. The first kappa shape index (κ1) is 20.2. The van der Waals surface area contributed by atoms with Crippen molar-refractivity contribution >= 4 is 28.3 Å². The molecule has 1 aliphatic heterocycles. The Bertz CT molecular complexity index is 1270. The number of anilines is 1. The molecule has 0 unspecified atom stereocenters. The van der Waals surface area contributed by atoms with E-state index in [4.69, 9.17) is 20.8 Å². The van der Waals surface area contributed by atoms with Gasteiger partial charge in [0, 0.05) is 28.6 Å². The molecule has 0 amide bonds. The van der Waals surface area contributed by atoms with Gasteiger partial charge in [-0.05, 0) is 62.4 Å². The normalized spacial score (nSPS) is 16.1. The van der Waals surface area contributed by atoms with Crippen LogP contribution in [-0.4, -0.2) is 6.73 Å². The van der Waals surface area contributed by atoms with Crippen molar-refractivity contribution in [3.8, 4) is 5.75 Å². The maximum Gasteiger partial charge on any atom is 0.416 e. The van der Waals surface area contributed by atoms with Gasteiger partial charge in [-0.15, -0.1) is 0 Å². The highest BCUT2D eigenvalue weighted by molar-refractivity contribution is 6.33. The number of ether oxygens (including phenoxy) is 1. The van der Waals surface area contributed by atoms with Gasteiger partial charge >= 0.3 is 11.8 Å². The lowest BCUT2D eigenvalue weighted by Crippen LogP contribution is -2.32. The smallest absolute Gasteiger partial charge is 0.416 e. The van der Waals surface area contributed by atoms with Crippen molar-refractivity contribution in [3.63, 3.8) is 0 Å². The number of rotatable bonds is 1. The average molecular weight is 450 g/mol. The Morgan fingerprint density at radius 1 is 1.10 bits per heavy atom. The molecular formula is C23H19ClF3NO3. The summed E-state index contributed by atoms with van der Waals surface area (Å²) < 4.78 is 50.5. The number of aryl methyl sites for hydroxylation is 2. The standard InChI is InChI=1S/C23H19ClF3NO3/c1-12-20-13(8-17-15-4-2-3-5-16(15)22(29)31-21(12)17)10-28(11-30-20)19-7-6-14(9-18(19)24)23(25,26)27/h6-9H,2-5,10-11H2,1H3. The second-order valence-corrected chi connectivity index (χ2v) is 8.46. The van der Waals surface area contributed by atoms with Gasteiger partial charge in [-0.1, -0.05) is 11.6 Å². The third-order valence-corrected chi connectivity index (χ3v) is 6.41. The van der Waals surface area contributed by atoms with Crippen molar-refractivity contribution < 1.29 is 22.3 Å². The van der Waals surface area contributed by atoms with Crippen molar-refractivity contribution in [2.45, 2.75) is 45.3 Å². The molecule has 4 nitrogen and oxygen atoms in total. The van der Waals surface area contributed by atoms with Crippen molar-refractivity contribution in [1.82, 2.24) is 0 Å². The summed E-state index contributed by atoms with van der Waals surface area (Å²) in [5.41, 5.74) is 3.38. The molecule has 31 heavy (non-hydrogen) atoms. The molecule has 8 heteroatoms. The molecule has 2 aliphatic rings. The highest BCUT2D eigenvalue weighted by atomic mass is 35.5. The minimum absolute atomic E-state index is 0.0164. The number of alkyl halides is 3. The highest BCUT2D eigenvalue weighted by Gasteiger charge is 2.32. The summed E-state index contributed by atoms with van der Waals surface area (Å²) in [4.78, 5) is 14.3. The van der Waals surface area contributed by atoms with Crippen LogP contribution in [0.3, 0.4) is 0 Å². The van der Waals surface area contributed by atoms with E-state index in [-0.39, 0.29) is 17.4 Å². The summed E-state index contributed by atoms with van der Waals surface area (Å²) in [6.45, 7) is 2.41. The Balaban J connectivity index is 1.58. The van der Waals surface area contributed by atoms with E-state index in [1.807, 2.05) is 13.0 Å². The predicted octanol–water partition coefficient (Wildman–Crippen LogP) is 6.01. The van der Waals surface area contributed by atoms with Crippen LogP contribution in [0.2, 0.25) is 5.02 Å². The molecule has 0 saturated carbocycles. The first-order valence-corrected chi connectivity index (χ1v) is 10.5. The Hall–Kier alpha value is -2.67. The number of fused-ring (bicyclic) bond motifs is 4. The molecule has 0 radical (unpaired) electrons. The van der Waals surface area contributed by atoms with Crippen LogP contribution >= 0.6 is 11.6 Å². The third-order valence-electron chi connectivity index (χ3n) is 6.11. The predicted molar refractivity (Wildman–Crippen MR) is 112 cm³/mol. The molecule has 0 spiro atoms. The molecule has 1 aliphatic carbocycles. The highest BCUT2D eigenvalue weighted by Crippen LogP contribution is 2.41. The molecule has 2 heterocycles. The van der Waals surface area contributed by atoms with Gasteiger partial charge in [0.05, 0.1) is 16.3 Å². The molecule has 0 N–H and O–H groups in total. The van der Waals surface area contributed by atoms with Gasteiger partial charge in [0.25, 0.3) is 0 Å². The SMILES string of the molecule is Cc1c2c(cc3c4c(c(=O)oc13)CCCC4)CN(c1ccc(C(F)(F)F)cc1Cl)CO2. The summed E-state index contributed by atoms with van der Waals surface area (Å²) >= 11 is 6.19. The van der Waals surface area contributed by atoms with Crippen LogP contribution in [0, 0.1) is 6.92 Å². The zero-order chi connectivity index (χ0) is 21.9. The lowest BCUT2D eigenvalue weighted by Gasteiger charge is -2.33. The van der Waals surface area contributed by atoms with Gasteiger partial charge in [-0.25, -0.2) is 4.79 Å². The van der Waals surface area contributed by atoms with Gasteiger partial charge < -0.3 is 14.1 Å². The number of nitrogens with zero attached hydrogens (tertiary/aromatic N) is 1. The second-order valence-electron chi connectivity index (χ2n) is 8.06. The minimum Gasteiger partial charge on any atom is -0.472 e. The molecular weight excluding hydrogens is 431 g/mol. The third kappa shape index (κ3) is 3.35. The molecule has 162 valence electrons. The van der Waals surface area contributed by atoms with Crippen molar-refractivity contribution in [3.05, 3.63) is 67.5 Å². The van der Waals surface area contributed by atoms with Crippen LogP contribution in [-0.2, 0) is 25.6 Å². The zero-order valence-corrected chi connectivity index (χ0v) is 17.5. The van der Waals surface area contributed by atoms with E-state index >= 15 is 0 Å². The van der Waals surface area contributed by atoms with Crippen molar-refractivity contribution in [2.24, 2.45) is 0 Å². The van der Waals surface area contributed by atoms with Crippen molar-refractivity contribution in [2.75, 3.05) is 11.6 Å². The van der Waals surface area contributed by atoms with Crippen LogP contribution in [0.1, 0.15) is 40.7 Å². The maximum absolute atomic E-state index is 13.0. The summed E-state index contributed by atoms with van der Waals surface area (Å²) in [6, 6.07) is 5.31. The Morgan fingerprint density at radius 2 is 1.84 bits per heavy atom. The van der Waals surface area contributed by atoms with Crippen molar-refractivity contribution in [1.29, 1.82) is 0 Å². The minimum atomic E-state index is -4.45. The van der Waals surface area contributed by atoms with E-state index in [1.54, 1.807) is 4.90 Å². The largest absolute Gasteiger partial charge is 0.472 e. The van der Waals surface area contributed by atoms with Crippen LogP contribution < -0.4 is 15.3 Å². The van der Waals surface area contributed by atoms with Crippen LogP contribution in [0.25, 0.3) is 11.0 Å². The van der Waals surface area contributed by atoms with Gasteiger partial charge in [0.2, 0.25) is 0 Å². The van der Waals surface area contributed by atoms with E-state index in [0.717, 1.165) is 59.0 Å². The Labute approximate surface area is 181 Å². The first-order chi connectivity index (χ1) is 14.7. The molecule has 0 bridgehead atoms. The summed E-state index contributed by atoms with van der Waals surface area (Å²) in [7, 11) is 0. The fraction of sp³-hybridized carbons (Fsp3) is 0.348. The van der Waals surface area contributed by atoms with Gasteiger partial charge in [-0.3, -0.25) is 0 Å². The Morgan fingerprint density at radius 3 is 2.55 bits per heavy atom. The van der Waals surface area contributed by atoms with E-state index in [9.17, 15) is 18.0 Å². The van der Waals surface area contributed by atoms with Gasteiger partial charge in [-0.2, -0.15) is 13.2 Å². The molecule has 3 aromatic rings. The summed E-state index contributed by atoms with van der Waals surface area (Å²) in [6.07, 6.45) is -0.924. The molecule has 0 atom stereocenters. The lowest BCUT2D eigenvalue weighted by atomic mass is 9.89. The molecule has 0 fully saturated rings. The number of benzene rings is 2. The van der Waals surface area contributed by atoms with Crippen LogP contribution in [0.5, 0.6) is 5.75 Å². The van der Waals surface area contributed by atoms with E-state index in [0.29, 0.717) is 30.0 Å². The van der Waals surface area contributed by atoms with E-state index < -0.39 is 11.7 Å². The monoisotopic (exact) mass is 449 g/mol. The fourth-order valence-electron chi connectivity index (χ4n) is 4.60. The molecule has 5 rings (SSSR count). The molecule has 2 aromatic carbocycles. The summed E-state index contributed by atoms with van der Waals surface area (Å²) in [5, 5.41) is 0.928. The first-order valence-electron chi connectivity index (χ1n) is 10.1. The number of halogens is 4. The average Bonchev–Trinajstić information content (AvgIpc) is 2.74. The number of hydrogen-bond acceptors (Lipinski definition) is 4. The van der Waals surface area contributed by atoms with Crippen LogP contribution in [0.4, 0.5) is 18.9 Å². The lowest BCUT2D eigenvalue weighted by molar-refractivity contribution is -0.137. The number of hydrogen-bond donors (Lipinski definition) is 0. The summed E-state index contributed by atoms with van der Waals surface area (Å²) in [5.74, 6) is 0.644. The van der Waals surface area contributed by atoms with Gasteiger partial charge in [0.15, 0.2) is 6.73 Å². The second kappa shape index (κ2) is 7.19. The quantitative estimate of drug-likeness (QED) is 0.427. The zero-order valence-electron chi connectivity index (χ0n) is 16.7. The maximum atomic E-state index is 13.0. The Kier molecular flexibility index (Phi) is 4.70. The van der Waals surface area contributed by atoms with Crippen LogP contribution in [0.15, 0.2) is 33.5 Å². The topological polar surface area (TPSA) is 42.7 Å².